The van der Waals surface area contributed by atoms with Crippen LogP contribution in [0.15, 0.2) is 41.1 Å². The Bertz CT molecular complexity index is 470. The van der Waals surface area contributed by atoms with E-state index in [0.717, 1.165) is 17.9 Å². The molecule has 1 aromatic heterocycles. The Morgan fingerprint density at radius 1 is 1.39 bits per heavy atom. The Kier molecular flexibility index (Phi) is 4.75. The highest BCUT2D eigenvalue weighted by Gasteiger charge is 2.07. The van der Waals surface area contributed by atoms with Gasteiger partial charge in [-0.15, -0.1) is 0 Å². The number of methoxy groups -OCH3 is 1. The molecule has 0 aliphatic carbocycles. The van der Waals surface area contributed by atoms with Crippen molar-refractivity contribution in [2.45, 2.75) is 12.6 Å². The number of aliphatic hydroxyl groups excluding tert-OH is 1. The molecule has 1 atom stereocenters. The summed E-state index contributed by atoms with van der Waals surface area (Å²) in [5.41, 5.74) is 2.12. The smallest absolute Gasteiger partial charge is 0.119 e. The van der Waals surface area contributed by atoms with Crippen molar-refractivity contribution in [2.75, 3.05) is 13.7 Å². The van der Waals surface area contributed by atoms with Crippen LogP contribution < -0.4 is 10.1 Å². The van der Waals surface area contributed by atoms with E-state index in [2.05, 4.69) is 22.1 Å². The van der Waals surface area contributed by atoms with Gasteiger partial charge in [-0.3, -0.25) is 0 Å². The molecule has 2 rings (SSSR count). The van der Waals surface area contributed by atoms with Crippen molar-refractivity contribution in [2.24, 2.45) is 0 Å². The zero-order valence-corrected chi connectivity index (χ0v) is 11.1. The van der Waals surface area contributed by atoms with Crippen LogP contribution >= 0.6 is 11.3 Å². The summed E-state index contributed by atoms with van der Waals surface area (Å²) in [5, 5.41) is 17.4. The molecule has 0 fully saturated rings. The zero-order chi connectivity index (χ0) is 12.8. The molecule has 0 bridgehead atoms. The van der Waals surface area contributed by atoms with Crippen molar-refractivity contribution in [1.29, 1.82) is 0 Å². The lowest BCUT2D eigenvalue weighted by atomic mass is 10.1. The molecule has 96 valence electrons. The van der Waals surface area contributed by atoms with Gasteiger partial charge in [0.25, 0.3) is 0 Å². The Morgan fingerprint density at radius 2 is 2.28 bits per heavy atom. The van der Waals surface area contributed by atoms with Gasteiger partial charge >= 0.3 is 0 Å². The topological polar surface area (TPSA) is 41.5 Å². The molecule has 0 radical (unpaired) electrons. The highest BCUT2D eigenvalue weighted by atomic mass is 32.1. The van der Waals surface area contributed by atoms with E-state index >= 15 is 0 Å². The van der Waals surface area contributed by atoms with Crippen molar-refractivity contribution in [3.63, 3.8) is 0 Å². The average molecular weight is 263 g/mol. The molecule has 0 amide bonds. The Hall–Kier alpha value is -1.36. The SMILES string of the molecule is COc1cccc(C(O)CNCc2ccsc2)c1. The number of thiophene rings is 1. The summed E-state index contributed by atoms with van der Waals surface area (Å²) in [6.45, 7) is 1.31. The number of hydrogen-bond acceptors (Lipinski definition) is 4. The summed E-state index contributed by atoms with van der Waals surface area (Å²) in [6.07, 6.45) is -0.515. The molecule has 0 saturated heterocycles. The first kappa shape index (κ1) is 13.1. The number of aliphatic hydroxyl groups is 1. The largest absolute Gasteiger partial charge is 0.497 e. The Labute approximate surface area is 111 Å². The van der Waals surface area contributed by atoms with Crippen LogP contribution in [0.5, 0.6) is 5.75 Å². The van der Waals surface area contributed by atoms with Crippen molar-refractivity contribution in [1.82, 2.24) is 5.32 Å². The van der Waals surface area contributed by atoms with Gasteiger partial charge in [-0.05, 0) is 40.1 Å². The standard InChI is InChI=1S/C14H17NO2S/c1-17-13-4-2-3-12(7-13)14(16)9-15-8-11-5-6-18-10-11/h2-7,10,14-16H,8-9H2,1H3. The molecule has 0 spiro atoms. The number of hydrogen-bond donors (Lipinski definition) is 2. The van der Waals surface area contributed by atoms with Gasteiger partial charge in [0.15, 0.2) is 0 Å². The minimum absolute atomic E-state index is 0.515. The summed E-state index contributed by atoms with van der Waals surface area (Å²) < 4.78 is 5.14. The first-order valence-electron chi connectivity index (χ1n) is 5.83. The molecule has 2 aromatic rings. The number of benzene rings is 1. The maximum Gasteiger partial charge on any atom is 0.119 e. The Balaban J connectivity index is 1.85. The molecule has 2 N–H and O–H groups in total. The van der Waals surface area contributed by atoms with E-state index in [1.165, 1.54) is 5.56 Å². The minimum atomic E-state index is -0.515. The highest BCUT2D eigenvalue weighted by Crippen LogP contribution is 2.18. The third-order valence-corrected chi connectivity index (χ3v) is 3.46. The third kappa shape index (κ3) is 3.57. The van der Waals surface area contributed by atoms with Crippen LogP contribution in [0.25, 0.3) is 0 Å². The number of nitrogens with one attached hydrogen (secondary N) is 1. The fourth-order valence-corrected chi connectivity index (χ4v) is 2.38. The van der Waals surface area contributed by atoms with Crippen LogP contribution in [0.1, 0.15) is 17.2 Å². The lowest BCUT2D eigenvalue weighted by molar-refractivity contribution is 0.174. The normalized spacial score (nSPS) is 12.3. The summed E-state index contributed by atoms with van der Waals surface area (Å²) in [7, 11) is 1.63. The predicted molar refractivity (Wildman–Crippen MR) is 74.0 cm³/mol. The third-order valence-electron chi connectivity index (χ3n) is 2.73. The van der Waals surface area contributed by atoms with Crippen molar-refractivity contribution < 1.29 is 9.84 Å². The first-order valence-corrected chi connectivity index (χ1v) is 6.77. The van der Waals surface area contributed by atoms with Gasteiger partial charge in [0.1, 0.15) is 5.75 Å². The van der Waals surface area contributed by atoms with Crippen LogP contribution in [0.3, 0.4) is 0 Å². The quantitative estimate of drug-likeness (QED) is 0.841. The van der Waals surface area contributed by atoms with E-state index in [0.29, 0.717) is 6.54 Å². The van der Waals surface area contributed by atoms with Gasteiger partial charge in [-0.2, -0.15) is 11.3 Å². The summed E-state index contributed by atoms with van der Waals surface area (Å²) in [6, 6.07) is 9.59. The number of ether oxygens (including phenoxy) is 1. The fourth-order valence-electron chi connectivity index (χ4n) is 1.71. The lowest BCUT2D eigenvalue weighted by Crippen LogP contribution is -2.20. The molecule has 0 saturated carbocycles. The van der Waals surface area contributed by atoms with E-state index < -0.39 is 6.10 Å². The maximum absolute atomic E-state index is 10.1. The zero-order valence-electron chi connectivity index (χ0n) is 10.3. The first-order chi connectivity index (χ1) is 8.79. The van der Waals surface area contributed by atoms with Crippen LogP contribution in [0.2, 0.25) is 0 Å². The van der Waals surface area contributed by atoms with Gasteiger partial charge in [0.05, 0.1) is 13.2 Å². The molecule has 1 heterocycles. The van der Waals surface area contributed by atoms with Crippen LogP contribution in [0, 0.1) is 0 Å². The van der Waals surface area contributed by atoms with Gasteiger partial charge in [0.2, 0.25) is 0 Å². The fraction of sp³-hybridized carbons (Fsp3) is 0.286. The van der Waals surface area contributed by atoms with E-state index in [4.69, 9.17) is 4.74 Å². The molecule has 3 nitrogen and oxygen atoms in total. The second-order valence-electron chi connectivity index (χ2n) is 4.05. The van der Waals surface area contributed by atoms with Gasteiger partial charge in [-0.1, -0.05) is 12.1 Å². The summed E-state index contributed by atoms with van der Waals surface area (Å²) in [4.78, 5) is 0. The summed E-state index contributed by atoms with van der Waals surface area (Å²) >= 11 is 1.68. The Morgan fingerprint density at radius 3 is 3.00 bits per heavy atom. The lowest BCUT2D eigenvalue weighted by Gasteiger charge is -2.12. The summed E-state index contributed by atoms with van der Waals surface area (Å²) in [5.74, 6) is 0.768. The van der Waals surface area contributed by atoms with Crippen LogP contribution in [0.4, 0.5) is 0 Å². The van der Waals surface area contributed by atoms with Crippen LogP contribution in [-0.2, 0) is 6.54 Å². The molecular formula is C14H17NO2S. The van der Waals surface area contributed by atoms with Crippen molar-refractivity contribution >= 4 is 11.3 Å². The molecular weight excluding hydrogens is 246 g/mol. The van der Waals surface area contributed by atoms with Gasteiger partial charge in [-0.25, -0.2) is 0 Å². The monoisotopic (exact) mass is 263 g/mol. The molecule has 18 heavy (non-hydrogen) atoms. The van der Waals surface area contributed by atoms with Gasteiger partial charge < -0.3 is 15.2 Å². The second-order valence-corrected chi connectivity index (χ2v) is 4.83. The van der Waals surface area contributed by atoms with Crippen molar-refractivity contribution in [3.8, 4) is 5.75 Å². The second kappa shape index (κ2) is 6.54. The number of rotatable bonds is 6. The maximum atomic E-state index is 10.1. The highest BCUT2D eigenvalue weighted by molar-refractivity contribution is 7.07. The molecule has 1 aromatic carbocycles. The van der Waals surface area contributed by atoms with E-state index in [9.17, 15) is 5.11 Å². The van der Waals surface area contributed by atoms with Crippen LogP contribution in [-0.4, -0.2) is 18.8 Å². The molecule has 0 aliphatic rings. The molecule has 0 aliphatic heterocycles. The van der Waals surface area contributed by atoms with E-state index in [1.807, 2.05) is 24.3 Å². The van der Waals surface area contributed by atoms with E-state index in [1.54, 1.807) is 18.4 Å². The van der Waals surface area contributed by atoms with Gasteiger partial charge in [0, 0.05) is 13.1 Å². The van der Waals surface area contributed by atoms with E-state index in [-0.39, 0.29) is 0 Å². The molecule has 1 unspecified atom stereocenters. The van der Waals surface area contributed by atoms with Crippen molar-refractivity contribution in [3.05, 3.63) is 52.2 Å². The molecule has 4 heteroatoms. The minimum Gasteiger partial charge on any atom is -0.497 e. The average Bonchev–Trinajstić information content (AvgIpc) is 2.92. The predicted octanol–water partition coefficient (Wildman–Crippen LogP) is 2.58.